The fourth-order valence-electron chi connectivity index (χ4n) is 3.62. The molecule has 2 aromatic carbocycles. The monoisotopic (exact) mass is 406 g/mol. The lowest BCUT2D eigenvalue weighted by molar-refractivity contribution is -0.139. The van der Waals surface area contributed by atoms with E-state index in [1.807, 2.05) is 56.3 Å². The second-order valence-electron chi connectivity index (χ2n) is 7.14. The van der Waals surface area contributed by atoms with Gasteiger partial charge >= 0.3 is 5.97 Å². The number of rotatable bonds is 5. The molecule has 0 aliphatic carbocycles. The van der Waals surface area contributed by atoms with Crippen molar-refractivity contribution in [1.29, 1.82) is 5.26 Å². The van der Waals surface area contributed by atoms with Gasteiger partial charge in [-0.25, -0.2) is 0 Å². The van der Waals surface area contributed by atoms with E-state index >= 15 is 0 Å². The smallest absolute Gasteiger partial charge is 0.310 e. The third kappa shape index (κ3) is 4.21. The number of ether oxygens (including phenoxy) is 1. The van der Waals surface area contributed by atoms with Gasteiger partial charge in [-0.05, 0) is 61.2 Å². The molecule has 0 aliphatic rings. The summed E-state index contributed by atoms with van der Waals surface area (Å²) in [6.45, 7) is 6.70. The molecule has 0 aliphatic heterocycles. The van der Waals surface area contributed by atoms with Crippen molar-refractivity contribution in [3.63, 3.8) is 0 Å². The molecule has 0 fully saturated rings. The van der Waals surface area contributed by atoms with Crippen LogP contribution in [0.5, 0.6) is 0 Å². The van der Waals surface area contributed by atoms with Crippen molar-refractivity contribution in [2.75, 3.05) is 7.11 Å². The molecular weight excluding hydrogens is 384 g/mol. The van der Waals surface area contributed by atoms with Crippen molar-refractivity contribution in [3.8, 4) is 17.2 Å². The third-order valence-corrected chi connectivity index (χ3v) is 5.75. The normalized spacial score (nSPS) is 10.6. The van der Waals surface area contributed by atoms with Gasteiger partial charge in [0.1, 0.15) is 0 Å². The number of nitrogens with zero attached hydrogens (tertiary/aromatic N) is 2. The van der Waals surface area contributed by atoms with E-state index < -0.39 is 0 Å². The third-order valence-electron chi connectivity index (χ3n) is 5.34. The number of carbonyl (C=O) groups excluding carboxylic acids is 1. The van der Waals surface area contributed by atoms with Crippen LogP contribution in [-0.2, 0) is 22.5 Å². The number of benzene rings is 2. The molecule has 0 saturated heterocycles. The number of hydrogen-bond acceptors (Lipinski definition) is 3. The van der Waals surface area contributed by atoms with Gasteiger partial charge in [-0.1, -0.05) is 35.9 Å². The Morgan fingerprint density at radius 2 is 1.79 bits per heavy atom. The summed E-state index contributed by atoms with van der Waals surface area (Å²) in [6, 6.07) is 15.7. The Kier molecular flexibility index (Phi) is 6.10. The molecule has 29 heavy (non-hydrogen) atoms. The summed E-state index contributed by atoms with van der Waals surface area (Å²) in [5.74, 6) is -0.275. The molecular formula is C24H23ClN2O2. The van der Waals surface area contributed by atoms with Gasteiger partial charge in [0.05, 0.1) is 25.2 Å². The van der Waals surface area contributed by atoms with E-state index in [-0.39, 0.29) is 12.4 Å². The molecule has 0 bridgehead atoms. The Bertz CT molecular complexity index is 1110. The van der Waals surface area contributed by atoms with Crippen LogP contribution < -0.4 is 0 Å². The molecule has 0 amide bonds. The van der Waals surface area contributed by atoms with E-state index in [1.54, 1.807) is 0 Å². The van der Waals surface area contributed by atoms with Crippen LogP contribution in [-0.4, -0.2) is 17.6 Å². The Labute approximate surface area is 176 Å². The highest BCUT2D eigenvalue weighted by molar-refractivity contribution is 6.31. The van der Waals surface area contributed by atoms with Gasteiger partial charge in [-0.15, -0.1) is 0 Å². The van der Waals surface area contributed by atoms with E-state index in [1.165, 1.54) is 7.11 Å². The van der Waals surface area contributed by atoms with Crippen molar-refractivity contribution in [2.24, 2.45) is 0 Å². The Morgan fingerprint density at radius 3 is 2.38 bits per heavy atom. The Balaban J connectivity index is 2.12. The van der Waals surface area contributed by atoms with Crippen molar-refractivity contribution < 1.29 is 9.53 Å². The van der Waals surface area contributed by atoms with Gasteiger partial charge in [-0.3, -0.25) is 4.79 Å². The summed E-state index contributed by atoms with van der Waals surface area (Å²) in [5, 5.41) is 9.71. The zero-order valence-electron chi connectivity index (χ0n) is 17.0. The number of nitriles is 1. The van der Waals surface area contributed by atoms with E-state index in [0.29, 0.717) is 17.1 Å². The molecule has 0 spiro atoms. The van der Waals surface area contributed by atoms with Crippen molar-refractivity contribution in [3.05, 3.63) is 81.1 Å². The average molecular weight is 407 g/mol. The van der Waals surface area contributed by atoms with Crippen LogP contribution in [0.25, 0.3) is 11.1 Å². The lowest BCUT2D eigenvalue weighted by Crippen LogP contribution is -2.07. The van der Waals surface area contributed by atoms with Crippen molar-refractivity contribution >= 4 is 17.6 Å². The number of aromatic nitrogens is 1. The topological polar surface area (TPSA) is 55.0 Å². The van der Waals surface area contributed by atoms with Crippen LogP contribution in [0.3, 0.4) is 0 Å². The Hall–Kier alpha value is -3.03. The summed E-state index contributed by atoms with van der Waals surface area (Å²) in [7, 11) is 1.40. The summed E-state index contributed by atoms with van der Waals surface area (Å²) < 4.78 is 7.13. The van der Waals surface area contributed by atoms with Crippen LogP contribution in [0.1, 0.15) is 33.6 Å². The number of halogens is 1. The van der Waals surface area contributed by atoms with Crippen LogP contribution >= 0.6 is 11.6 Å². The first-order valence-corrected chi connectivity index (χ1v) is 9.74. The lowest BCUT2D eigenvalue weighted by atomic mass is 9.97. The standard InChI is InChI=1S/C24H23ClN2O2/c1-15-5-10-20(11-22(15)25)24-17(3)27(16(2)21(24)12-23(28)29-4)14-19-8-6-18(13-26)7-9-19/h5-11H,12,14H2,1-4H3. The van der Waals surface area contributed by atoms with E-state index in [2.05, 4.69) is 17.6 Å². The molecule has 5 heteroatoms. The molecule has 148 valence electrons. The van der Waals surface area contributed by atoms with Crippen LogP contribution in [0, 0.1) is 32.1 Å². The van der Waals surface area contributed by atoms with Gasteiger partial charge in [-0.2, -0.15) is 5.26 Å². The molecule has 0 radical (unpaired) electrons. The van der Waals surface area contributed by atoms with E-state index in [4.69, 9.17) is 21.6 Å². The highest BCUT2D eigenvalue weighted by Crippen LogP contribution is 2.35. The largest absolute Gasteiger partial charge is 0.469 e. The second-order valence-corrected chi connectivity index (χ2v) is 7.54. The quantitative estimate of drug-likeness (QED) is 0.535. The molecule has 3 aromatic rings. The number of hydrogen-bond donors (Lipinski definition) is 0. The minimum Gasteiger partial charge on any atom is -0.469 e. The maximum Gasteiger partial charge on any atom is 0.310 e. The minimum atomic E-state index is -0.275. The fraction of sp³-hybridized carbons (Fsp3) is 0.250. The predicted octanol–water partition coefficient (Wildman–Crippen LogP) is 5.37. The first-order chi connectivity index (χ1) is 13.8. The first kappa shape index (κ1) is 20.7. The van der Waals surface area contributed by atoms with Crippen LogP contribution in [0.2, 0.25) is 5.02 Å². The summed E-state index contributed by atoms with van der Waals surface area (Å²) >= 11 is 6.38. The van der Waals surface area contributed by atoms with Crippen molar-refractivity contribution in [1.82, 2.24) is 4.57 Å². The number of aryl methyl sites for hydroxylation is 1. The molecule has 0 saturated carbocycles. The van der Waals surface area contributed by atoms with Gasteiger partial charge in [0.25, 0.3) is 0 Å². The highest BCUT2D eigenvalue weighted by atomic mass is 35.5. The minimum absolute atomic E-state index is 0.199. The first-order valence-electron chi connectivity index (χ1n) is 9.36. The van der Waals surface area contributed by atoms with Gasteiger partial charge < -0.3 is 9.30 Å². The lowest BCUT2D eigenvalue weighted by Gasteiger charge is -2.11. The molecule has 3 rings (SSSR count). The molecule has 1 aromatic heterocycles. The zero-order chi connectivity index (χ0) is 21.1. The number of methoxy groups -OCH3 is 1. The zero-order valence-corrected chi connectivity index (χ0v) is 17.8. The SMILES string of the molecule is COC(=O)Cc1c(-c2ccc(C)c(Cl)c2)c(C)n(Cc2ccc(C#N)cc2)c1C. The van der Waals surface area contributed by atoms with Crippen LogP contribution in [0.4, 0.5) is 0 Å². The predicted molar refractivity (Wildman–Crippen MR) is 115 cm³/mol. The maximum absolute atomic E-state index is 12.1. The maximum atomic E-state index is 12.1. The molecule has 0 N–H and O–H groups in total. The molecule has 1 heterocycles. The summed E-state index contributed by atoms with van der Waals surface area (Å²) in [4.78, 5) is 12.1. The molecule has 0 atom stereocenters. The van der Waals surface area contributed by atoms with Gasteiger partial charge in [0.2, 0.25) is 0 Å². The van der Waals surface area contributed by atoms with Gasteiger partial charge in [0.15, 0.2) is 0 Å². The summed E-state index contributed by atoms with van der Waals surface area (Å²) in [5.41, 5.74) is 7.76. The second kappa shape index (κ2) is 8.55. The average Bonchev–Trinajstić information content (AvgIpc) is 2.94. The van der Waals surface area contributed by atoms with E-state index in [9.17, 15) is 4.79 Å². The molecule has 0 unspecified atom stereocenters. The summed E-state index contributed by atoms with van der Waals surface area (Å²) in [6.07, 6.45) is 0.199. The number of esters is 1. The van der Waals surface area contributed by atoms with E-state index in [0.717, 1.165) is 39.2 Å². The number of carbonyl (C=O) groups is 1. The fourth-order valence-corrected chi connectivity index (χ4v) is 3.80. The van der Waals surface area contributed by atoms with Crippen molar-refractivity contribution in [2.45, 2.75) is 33.7 Å². The van der Waals surface area contributed by atoms with Gasteiger partial charge in [0, 0.05) is 28.5 Å². The molecule has 4 nitrogen and oxygen atoms in total. The van der Waals surface area contributed by atoms with Crippen LogP contribution in [0.15, 0.2) is 42.5 Å². The highest BCUT2D eigenvalue weighted by Gasteiger charge is 2.22. The Morgan fingerprint density at radius 1 is 1.10 bits per heavy atom.